The van der Waals surface area contributed by atoms with E-state index in [1.54, 1.807) is 0 Å². The molecule has 5 heteroatoms. The number of ether oxygens (including phenoxy) is 1. The van der Waals surface area contributed by atoms with Crippen molar-refractivity contribution in [1.29, 1.82) is 0 Å². The molecule has 0 fully saturated rings. The fourth-order valence-electron chi connectivity index (χ4n) is 0.969. The molecule has 0 saturated carbocycles. The van der Waals surface area contributed by atoms with E-state index in [1.807, 2.05) is 0 Å². The van der Waals surface area contributed by atoms with Crippen LogP contribution in [0.15, 0.2) is 24.3 Å². The van der Waals surface area contributed by atoms with Crippen LogP contribution in [-0.2, 0) is 10.7 Å². The molecule has 0 aromatic heterocycles. The second-order valence-electron chi connectivity index (χ2n) is 2.99. The van der Waals surface area contributed by atoms with Crippen molar-refractivity contribution in [1.82, 2.24) is 0 Å². The summed E-state index contributed by atoms with van der Waals surface area (Å²) in [6, 6.07) is 5.36. The van der Waals surface area contributed by atoms with Crippen LogP contribution in [0.5, 0.6) is 0 Å². The molecule has 0 aliphatic heterocycles. The molecule has 1 rings (SSSR count). The van der Waals surface area contributed by atoms with Crippen molar-refractivity contribution in [3.63, 3.8) is 0 Å². The average Bonchev–Trinajstić information content (AvgIpc) is 2.16. The van der Waals surface area contributed by atoms with Gasteiger partial charge in [0.1, 0.15) is 0 Å². The maximum Gasteiger partial charge on any atom is 0.306 e. The van der Waals surface area contributed by atoms with Gasteiger partial charge in [0.25, 0.3) is 0 Å². The first-order valence-electron chi connectivity index (χ1n) is 4.19. The van der Waals surface area contributed by atoms with Crippen LogP contribution < -0.4 is 0 Å². The highest BCUT2D eigenvalue weighted by molar-refractivity contribution is 7.80. The van der Waals surface area contributed by atoms with Crippen molar-refractivity contribution in [3.8, 4) is 0 Å². The number of rotatable bonds is 3. The molecule has 0 saturated heterocycles. The zero-order valence-electron chi connectivity index (χ0n) is 7.97. The first kappa shape index (κ1) is 12.3. The first-order valence-corrected chi connectivity index (χ1v) is 4.98. The Labute approximate surface area is 97.0 Å². The van der Waals surface area contributed by atoms with E-state index in [2.05, 4.69) is 17.0 Å². The van der Waals surface area contributed by atoms with Gasteiger partial charge in [-0.15, -0.1) is 0 Å². The molecule has 15 heavy (non-hydrogen) atoms. The van der Waals surface area contributed by atoms with Crippen LogP contribution in [0.2, 0.25) is 5.02 Å². The summed E-state index contributed by atoms with van der Waals surface area (Å²) in [6.45, 7) is 0.706. The van der Waals surface area contributed by atoms with Gasteiger partial charge < -0.3 is 4.74 Å². The lowest BCUT2D eigenvalue weighted by atomic mass is 10.1. The van der Waals surface area contributed by atoms with Gasteiger partial charge in [0.2, 0.25) is 0 Å². The number of thiocarbonyl (C=S) groups is 1. The fourth-order valence-corrected chi connectivity index (χ4v) is 1.15. The molecule has 0 atom stereocenters. The van der Waals surface area contributed by atoms with Crippen LogP contribution in [-0.4, -0.2) is 11.7 Å². The molecule has 1 aromatic carbocycles. The maximum absolute atomic E-state index is 13.4. The van der Waals surface area contributed by atoms with Gasteiger partial charge in [-0.1, -0.05) is 23.7 Å². The van der Waals surface area contributed by atoms with E-state index in [-0.39, 0.29) is 10.6 Å². The van der Waals surface area contributed by atoms with E-state index in [4.69, 9.17) is 11.6 Å². The molecular formula is C10H9ClF2OS. The summed E-state index contributed by atoms with van der Waals surface area (Å²) in [5.74, 6) is -3.05. The second kappa shape index (κ2) is 4.86. The second-order valence-corrected chi connectivity index (χ2v) is 4.00. The number of hydrogen-bond donors (Lipinski definition) is 0. The predicted octanol–water partition coefficient (Wildman–Crippen LogP) is 3.80. The molecule has 82 valence electrons. The summed E-state index contributed by atoms with van der Waals surface area (Å²) in [7, 11) is 0. The first-order chi connectivity index (χ1) is 6.92. The monoisotopic (exact) mass is 250 g/mol. The smallest absolute Gasteiger partial charge is 0.306 e. The molecule has 0 aliphatic carbocycles. The molecule has 0 unspecified atom stereocenters. The summed E-state index contributed by atoms with van der Waals surface area (Å²) < 4.78 is 31.5. The molecule has 0 heterocycles. The predicted molar refractivity (Wildman–Crippen MR) is 59.6 cm³/mol. The normalized spacial score (nSPS) is 11.2. The summed E-state index contributed by atoms with van der Waals surface area (Å²) in [5, 5.41) is 0.519. The van der Waals surface area contributed by atoms with Gasteiger partial charge >= 0.3 is 5.92 Å². The zero-order valence-corrected chi connectivity index (χ0v) is 9.54. The van der Waals surface area contributed by atoms with Crippen LogP contribution in [0.1, 0.15) is 12.5 Å². The Bertz CT molecular complexity index is 351. The van der Waals surface area contributed by atoms with E-state index in [0.29, 0.717) is 5.02 Å². The topological polar surface area (TPSA) is 9.23 Å². The lowest BCUT2D eigenvalue weighted by Crippen LogP contribution is -2.22. The summed E-state index contributed by atoms with van der Waals surface area (Å²) >= 11 is 10.1. The zero-order chi connectivity index (χ0) is 11.5. The number of alkyl halides is 2. The van der Waals surface area contributed by atoms with E-state index in [9.17, 15) is 8.78 Å². The average molecular weight is 251 g/mol. The molecule has 1 aromatic rings. The Balaban J connectivity index is 2.76. The summed E-state index contributed by atoms with van der Waals surface area (Å²) in [6.07, 6.45) is 0. The number of hydrogen-bond acceptors (Lipinski definition) is 2. The Kier molecular flexibility index (Phi) is 3.99. The largest absolute Gasteiger partial charge is 0.481 e. The SMILES string of the molecule is CC(=S)OCC(F)(F)c1ccc(Cl)cc1. The highest BCUT2D eigenvalue weighted by Gasteiger charge is 2.32. The summed E-state index contributed by atoms with van der Waals surface area (Å²) in [5.41, 5.74) is -0.136. The van der Waals surface area contributed by atoms with Crippen molar-refractivity contribution in [3.05, 3.63) is 34.9 Å². The molecule has 1 nitrogen and oxygen atoms in total. The van der Waals surface area contributed by atoms with Gasteiger partial charge in [-0.25, -0.2) is 0 Å². The van der Waals surface area contributed by atoms with Crippen LogP contribution in [0.4, 0.5) is 8.78 Å². The molecule has 0 aliphatic rings. The van der Waals surface area contributed by atoms with Gasteiger partial charge in [-0.2, -0.15) is 8.78 Å². The Morgan fingerprint density at radius 2 is 1.93 bits per heavy atom. The van der Waals surface area contributed by atoms with Crippen molar-refractivity contribution >= 4 is 28.9 Å². The minimum Gasteiger partial charge on any atom is -0.481 e. The Morgan fingerprint density at radius 1 is 1.40 bits per heavy atom. The van der Waals surface area contributed by atoms with Crippen molar-refractivity contribution in [2.45, 2.75) is 12.8 Å². The van der Waals surface area contributed by atoms with Crippen LogP contribution >= 0.6 is 23.8 Å². The van der Waals surface area contributed by atoms with Crippen LogP contribution in [0.25, 0.3) is 0 Å². The van der Waals surface area contributed by atoms with Gasteiger partial charge in [0, 0.05) is 17.5 Å². The van der Waals surface area contributed by atoms with Crippen molar-refractivity contribution in [2.24, 2.45) is 0 Å². The molecule has 0 amide bonds. The Morgan fingerprint density at radius 3 is 2.40 bits per heavy atom. The quantitative estimate of drug-likeness (QED) is 0.755. The Hall–Kier alpha value is -0.740. The highest BCUT2D eigenvalue weighted by Crippen LogP contribution is 2.29. The van der Waals surface area contributed by atoms with Crippen molar-refractivity contribution in [2.75, 3.05) is 6.61 Å². The maximum atomic E-state index is 13.4. The minimum absolute atomic E-state index is 0.101. The van der Waals surface area contributed by atoms with E-state index >= 15 is 0 Å². The van der Waals surface area contributed by atoms with E-state index in [0.717, 1.165) is 0 Å². The molecule has 0 bridgehead atoms. The minimum atomic E-state index is -3.05. The van der Waals surface area contributed by atoms with Crippen LogP contribution in [0.3, 0.4) is 0 Å². The lowest BCUT2D eigenvalue weighted by Gasteiger charge is -2.16. The third kappa shape index (κ3) is 3.72. The van der Waals surface area contributed by atoms with E-state index < -0.39 is 12.5 Å². The standard InChI is InChI=1S/C10H9ClF2OS/c1-7(15)14-6-10(12,13)8-2-4-9(11)5-3-8/h2-5H,6H2,1H3. The van der Waals surface area contributed by atoms with Gasteiger partial charge in [-0.05, 0) is 24.4 Å². The fraction of sp³-hybridized carbons (Fsp3) is 0.300. The number of benzene rings is 1. The van der Waals surface area contributed by atoms with E-state index in [1.165, 1.54) is 31.2 Å². The molecular weight excluding hydrogens is 242 g/mol. The third-order valence-corrected chi connectivity index (χ3v) is 2.09. The van der Waals surface area contributed by atoms with Gasteiger partial charge in [-0.3, -0.25) is 0 Å². The van der Waals surface area contributed by atoms with Gasteiger partial charge in [0.05, 0.1) is 0 Å². The number of halogens is 3. The highest BCUT2D eigenvalue weighted by atomic mass is 35.5. The molecule has 0 N–H and O–H groups in total. The van der Waals surface area contributed by atoms with Gasteiger partial charge in [0.15, 0.2) is 11.7 Å². The lowest BCUT2D eigenvalue weighted by molar-refractivity contribution is -0.0499. The molecule has 0 radical (unpaired) electrons. The third-order valence-electron chi connectivity index (χ3n) is 1.72. The summed E-state index contributed by atoms with van der Waals surface area (Å²) in [4.78, 5) is 0. The van der Waals surface area contributed by atoms with Crippen LogP contribution in [0, 0.1) is 0 Å². The molecule has 0 spiro atoms. The van der Waals surface area contributed by atoms with Crippen molar-refractivity contribution < 1.29 is 13.5 Å².